The number of hydrogen-bond donors (Lipinski definition) is 2. The van der Waals surface area contributed by atoms with Crippen molar-refractivity contribution < 1.29 is 14.7 Å². The first-order chi connectivity index (χ1) is 9.95. The minimum Gasteiger partial charge on any atom is -0.481 e. The average molecular weight is 292 g/mol. The monoisotopic (exact) mass is 292 g/mol. The molecule has 1 unspecified atom stereocenters. The van der Waals surface area contributed by atoms with Gasteiger partial charge in [0, 0.05) is 19.3 Å². The molecule has 1 aliphatic rings. The quantitative estimate of drug-likeness (QED) is 0.867. The maximum absolute atomic E-state index is 12.1. The summed E-state index contributed by atoms with van der Waals surface area (Å²) in [6.07, 6.45) is 2.05. The summed E-state index contributed by atoms with van der Waals surface area (Å²) in [4.78, 5) is 25.2. The van der Waals surface area contributed by atoms with Crippen molar-refractivity contribution >= 4 is 12.0 Å². The SMILES string of the molecule is CC(C)C1(C(=O)O)CCN(C(=O)NCc2cccnn2)C1. The van der Waals surface area contributed by atoms with Crippen LogP contribution in [0.5, 0.6) is 0 Å². The van der Waals surface area contributed by atoms with E-state index in [-0.39, 0.29) is 25.0 Å². The summed E-state index contributed by atoms with van der Waals surface area (Å²) in [7, 11) is 0. The van der Waals surface area contributed by atoms with Gasteiger partial charge in [0.25, 0.3) is 0 Å². The Balaban J connectivity index is 1.94. The second-order valence-electron chi connectivity index (χ2n) is 5.66. The zero-order valence-corrected chi connectivity index (χ0v) is 12.2. The van der Waals surface area contributed by atoms with E-state index in [0.29, 0.717) is 18.7 Å². The zero-order valence-electron chi connectivity index (χ0n) is 12.2. The number of amides is 2. The first kappa shape index (κ1) is 15.2. The highest BCUT2D eigenvalue weighted by molar-refractivity contribution is 5.80. The summed E-state index contributed by atoms with van der Waals surface area (Å²) in [5, 5.41) is 19.8. The van der Waals surface area contributed by atoms with Crippen molar-refractivity contribution in [1.82, 2.24) is 20.4 Å². The Morgan fingerprint density at radius 1 is 1.52 bits per heavy atom. The molecular weight excluding hydrogens is 272 g/mol. The summed E-state index contributed by atoms with van der Waals surface area (Å²) in [6, 6.07) is 3.26. The summed E-state index contributed by atoms with van der Waals surface area (Å²) >= 11 is 0. The van der Waals surface area contributed by atoms with E-state index in [9.17, 15) is 14.7 Å². The van der Waals surface area contributed by atoms with E-state index in [1.165, 1.54) is 0 Å². The fourth-order valence-electron chi connectivity index (χ4n) is 2.60. The van der Waals surface area contributed by atoms with Crippen LogP contribution in [-0.4, -0.2) is 45.3 Å². The molecule has 0 saturated carbocycles. The van der Waals surface area contributed by atoms with Gasteiger partial charge in [-0.2, -0.15) is 10.2 Å². The molecule has 0 aromatic carbocycles. The number of aromatic nitrogens is 2. The number of carbonyl (C=O) groups excluding carboxylic acids is 1. The predicted octanol–water partition coefficient (Wildman–Crippen LogP) is 1.12. The highest BCUT2D eigenvalue weighted by Crippen LogP contribution is 2.38. The van der Waals surface area contributed by atoms with Gasteiger partial charge >= 0.3 is 12.0 Å². The van der Waals surface area contributed by atoms with Crippen LogP contribution in [0.25, 0.3) is 0 Å². The molecule has 7 heteroatoms. The van der Waals surface area contributed by atoms with Crippen molar-refractivity contribution in [2.75, 3.05) is 13.1 Å². The van der Waals surface area contributed by atoms with Gasteiger partial charge < -0.3 is 15.3 Å². The number of urea groups is 1. The lowest BCUT2D eigenvalue weighted by Gasteiger charge is -2.28. The molecule has 2 N–H and O–H groups in total. The van der Waals surface area contributed by atoms with Crippen molar-refractivity contribution in [3.8, 4) is 0 Å². The Kier molecular flexibility index (Phi) is 4.40. The van der Waals surface area contributed by atoms with Crippen LogP contribution in [0.1, 0.15) is 26.0 Å². The second kappa shape index (κ2) is 6.07. The Labute approximate surface area is 123 Å². The van der Waals surface area contributed by atoms with Crippen LogP contribution in [0.3, 0.4) is 0 Å². The molecule has 21 heavy (non-hydrogen) atoms. The molecule has 0 radical (unpaired) electrons. The molecule has 114 valence electrons. The van der Waals surface area contributed by atoms with Crippen molar-refractivity contribution in [3.63, 3.8) is 0 Å². The van der Waals surface area contributed by atoms with Crippen molar-refractivity contribution in [2.45, 2.75) is 26.8 Å². The van der Waals surface area contributed by atoms with Gasteiger partial charge in [0.05, 0.1) is 17.7 Å². The highest BCUT2D eigenvalue weighted by atomic mass is 16.4. The third-order valence-corrected chi connectivity index (χ3v) is 4.17. The molecule has 1 aromatic heterocycles. The number of hydrogen-bond acceptors (Lipinski definition) is 4. The lowest BCUT2D eigenvalue weighted by Crippen LogP contribution is -2.43. The van der Waals surface area contributed by atoms with Crippen LogP contribution in [0.15, 0.2) is 18.3 Å². The normalized spacial score (nSPS) is 21.6. The Bertz CT molecular complexity index is 520. The smallest absolute Gasteiger partial charge is 0.317 e. The number of nitrogens with one attached hydrogen (secondary N) is 1. The molecule has 2 heterocycles. The van der Waals surface area contributed by atoms with E-state index < -0.39 is 11.4 Å². The third kappa shape index (κ3) is 3.12. The number of nitrogens with zero attached hydrogens (tertiary/aromatic N) is 3. The second-order valence-corrected chi connectivity index (χ2v) is 5.66. The molecule has 0 bridgehead atoms. The molecule has 2 amide bonds. The summed E-state index contributed by atoms with van der Waals surface area (Å²) in [5.41, 5.74) is -0.178. The average Bonchev–Trinajstić information content (AvgIpc) is 2.92. The molecular formula is C14H20N4O3. The predicted molar refractivity (Wildman–Crippen MR) is 75.4 cm³/mol. The van der Waals surface area contributed by atoms with E-state index in [1.54, 1.807) is 23.2 Å². The van der Waals surface area contributed by atoms with E-state index in [0.717, 1.165) is 0 Å². The molecule has 0 aliphatic carbocycles. The Morgan fingerprint density at radius 2 is 2.29 bits per heavy atom. The lowest BCUT2D eigenvalue weighted by molar-refractivity contribution is -0.150. The van der Waals surface area contributed by atoms with E-state index in [1.807, 2.05) is 13.8 Å². The Morgan fingerprint density at radius 3 is 2.81 bits per heavy atom. The van der Waals surface area contributed by atoms with Gasteiger partial charge in [-0.05, 0) is 24.5 Å². The summed E-state index contributed by atoms with van der Waals surface area (Å²) < 4.78 is 0. The largest absolute Gasteiger partial charge is 0.481 e. The van der Waals surface area contributed by atoms with E-state index >= 15 is 0 Å². The van der Waals surface area contributed by atoms with Crippen LogP contribution >= 0.6 is 0 Å². The van der Waals surface area contributed by atoms with Crippen LogP contribution < -0.4 is 5.32 Å². The maximum atomic E-state index is 12.1. The zero-order chi connectivity index (χ0) is 15.5. The molecule has 7 nitrogen and oxygen atoms in total. The van der Waals surface area contributed by atoms with Gasteiger partial charge in [-0.1, -0.05) is 13.8 Å². The van der Waals surface area contributed by atoms with E-state index in [4.69, 9.17) is 0 Å². The number of carbonyl (C=O) groups is 2. The minimum atomic E-state index is -0.843. The van der Waals surface area contributed by atoms with Gasteiger partial charge in [0.15, 0.2) is 0 Å². The van der Waals surface area contributed by atoms with Crippen molar-refractivity contribution in [2.24, 2.45) is 11.3 Å². The number of likely N-dealkylation sites (tertiary alicyclic amines) is 1. The fourth-order valence-corrected chi connectivity index (χ4v) is 2.60. The molecule has 1 atom stereocenters. The molecule has 1 aliphatic heterocycles. The van der Waals surface area contributed by atoms with Gasteiger partial charge in [0.1, 0.15) is 0 Å². The van der Waals surface area contributed by atoms with Crippen LogP contribution in [-0.2, 0) is 11.3 Å². The number of rotatable bonds is 4. The molecule has 0 spiro atoms. The molecule has 1 aromatic rings. The number of carboxylic acids is 1. The number of carboxylic acid groups (broad SMARTS) is 1. The third-order valence-electron chi connectivity index (χ3n) is 4.17. The molecule has 1 fully saturated rings. The van der Waals surface area contributed by atoms with Gasteiger partial charge in [-0.15, -0.1) is 0 Å². The topological polar surface area (TPSA) is 95.4 Å². The van der Waals surface area contributed by atoms with Gasteiger partial charge in [-0.25, -0.2) is 4.79 Å². The maximum Gasteiger partial charge on any atom is 0.317 e. The first-order valence-corrected chi connectivity index (χ1v) is 6.98. The Hall–Kier alpha value is -2.18. The fraction of sp³-hybridized carbons (Fsp3) is 0.571. The standard InChI is InChI=1S/C14H20N4O3/c1-10(2)14(12(19)20)5-7-18(9-14)13(21)15-8-11-4-3-6-16-17-11/h3-4,6,10H,5,7-9H2,1-2H3,(H,15,21)(H,19,20). The highest BCUT2D eigenvalue weighted by Gasteiger charge is 2.48. The van der Waals surface area contributed by atoms with Crippen LogP contribution in [0, 0.1) is 11.3 Å². The first-order valence-electron chi connectivity index (χ1n) is 6.98. The number of aliphatic carboxylic acids is 1. The summed E-state index contributed by atoms with van der Waals surface area (Å²) in [5.74, 6) is -0.852. The molecule has 1 saturated heterocycles. The van der Waals surface area contributed by atoms with E-state index in [2.05, 4.69) is 15.5 Å². The van der Waals surface area contributed by atoms with Gasteiger partial charge in [0.2, 0.25) is 0 Å². The van der Waals surface area contributed by atoms with Crippen LogP contribution in [0.4, 0.5) is 4.79 Å². The molecule has 2 rings (SSSR count). The van der Waals surface area contributed by atoms with Gasteiger partial charge in [-0.3, -0.25) is 4.79 Å². The van der Waals surface area contributed by atoms with Crippen molar-refractivity contribution in [1.29, 1.82) is 0 Å². The van der Waals surface area contributed by atoms with Crippen molar-refractivity contribution in [3.05, 3.63) is 24.0 Å². The lowest BCUT2D eigenvalue weighted by atomic mass is 9.76. The van der Waals surface area contributed by atoms with Crippen LogP contribution in [0.2, 0.25) is 0 Å². The minimum absolute atomic E-state index is 0.0206. The summed E-state index contributed by atoms with van der Waals surface area (Å²) in [6.45, 7) is 4.75.